The summed E-state index contributed by atoms with van der Waals surface area (Å²) in [5, 5.41) is 7.61. The number of rotatable bonds is 5. The normalized spacial score (nSPS) is 10.8. The molecule has 0 aliphatic carbocycles. The molecule has 0 unspecified atom stereocenters. The molecule has 0 amide bonds. The molecular formula is C17H19N5O. The van der Waals surface area contributed by atoms with Crippen molar-refractivity contribution in [3.63, 3.8) is 0 Å². The van der Waals surface area contributed by atoms with Gasteiger partial charge < -0.3 is 10.1 Å². The minimum Gasteiger partial charge on any atom is -0.491 e. The van der Waals surface area contributed by atoms with Crippen LogP contribution in [-0.4, -0.2) is 25.9 Å². The summed E-state index contributed by atoms with van der Waals surface area (Å²) in [7, 11) is 0. The van der Waals surface area contributed by atoms with Gasteiger partial charge in [0.2, 0.25) is 5.95 Å². The number of nitrogens with zero attached hydrogens (tertiary/aromatic N) is 4. The fourth-order valence-corrected chi connectivity index (χ4v) is 2.22. The largest absolute Gasteiger partial charge is 0.491 e. The van der Waals surface area contributed by atoms with Gasteiger partial charge in [-0.1, -0.05) is 0 Å². The summed E-state index contributed by atoms with van der Waals surface area (Å²) >= 11 is 0. The number of pyridine rings is 1. The van der Waals surface area contributed by atoms with Crippen LogP contribution in [-0.2, 0) is 0 Å². The van der Waals surface area contributed by atoms with Crippen molar-refractivity contribution in [1.29, 1.82) is 0 Å². The third-order valence-corrected chi connectivity index (χ3v) is 3.08. The smallest absolute Gasteiger partial charge is 0.246 e. The molecular weight excluding hydrogens is 290 g/mol. The second-order valence-electron chi connectivity index (χ2n) is 5.55. The first-order valence-corrected chi connectivity index (χ1v) is 7.47. The second kappa shape index (κ2) is 6.48. The maximum Gasteiger partial charge on any atom is 0.246 e. The zero-order chi connectivity index (χ0) is 16.2. The predicted octanol–water partition coefficient (Wildman–Crippen LogP) is 3.50. The van der Waals surface area contributed by atoms with Gasteiger partial charge >= 0.3 is 0 Å². The minimum absolute atomic E-state index is 0.132. The van der Waals surface area contributed by atoms with Gasteiger partial charge in [-0.3, -0.25) is 4.98 Å². The van der Waals surface area contributed by atoms with E-state index in [4.69, 9.17) is 4.74 Å². The van der Waals surface area contributed by atoms with E-state index in [1.54, 1.807) is 23.4 Å². The lowest BCUT2D eigenvalue weighted by atomic mass is 10.2. The highest BCUT2D eigenvalue weighted by Gasteiger charge is 2.06. The SMILES string of the molecule is Cc1cc(Nc2ncn(-c3cccnc3)n2)cc(OC(C)C)c1. The molecule has 0 saturated carbocycles. The number of hydrogen-bond acceptors (Lipinski definition) is 5. The van der Waals surface area contributed by atoms with Crippen LogP contribution in [0, 0.1) is 6.92 Å². The van der Waals surface area contributed by atoms with Gasteiger partial charge in [-0.2, -0.15) is 4.98 Å². The highest BCUT2D eigenvalue weighted by molar-refractivity contribution is 5.57. The van der Waals surface area contributed by atoms with Crippen LogP contribution in [0.15, 0.2) is 49.1 Å². The fraction of sp³-hybridized carbons (Fsp3) is 0.235. The average molecular weight is 309 g/mol. The Balaban J connectivity index is 1.80. The quantitative estimate of drug-likeness (QED) is 0.781. The molecule has 6 nitrogen and oxygen atoms in total. The zero-order valence-corrected chi connectivity index (χ0v) is 13.4. The average Bonchev–Trinajstić information content (AvgIpc) is 2.95. The molecule has 0 bridgehead atoms. The molecule has 2 aromatic heterocycles. The van der Waals surface area contributed by atoms with Crippen molar-refractivity contribution in [1.82, 2.24) is 19.7 Å². The third kappa shape index (κ3) is 3.85. The summed E-state index contributed by atoms with van der Waals surface area (Å²) in [6.45, 7) is 6.04. The second-order valence-corrected chi connectivity index (χ2v) is 5.55. The number of aryl methyl sites for hydroxylation is 1. The van der Waals surface area contributed by atoms with Gasteiger partial charge in [-0.25, -0.2) is 4.68 Å². The van der Waals surface area contributed by atoms with Crippen LogP contribution in [0.2, 0.25) is 0 Å². The summed E-state index contributed by atoms with van der Waals surface area (Å²) in [5.74, 6) is 1.35. The Morgan fingerprint density at radius 3 is 2.83 bits per heavy atom. The topological polar surface area (TPSA) is 64.9 Å². The van der Waals surface area contributed by atoms with E-state index in [1.807, 2.05) is 51.1 Å². The molecule has 1 N–H and O–H groups in total. The number of nitrogens with one attached hydrogen (secondary N) is 1. The third-order valence-electron chi connectivity index (χ3n) is 3.08. The Labute approximate surface area is 135 Å². The van der Waals surface area contributed by atoms with Crippen molar-refractivity contribution in [3.05, 3.63) is 54.6 Å². The molecule has 1 aromatic carbocycles. The number of hydrogen-bond donors (Lipinski definition) is 1. The van der Waals surface area contributed by atoms with Crippen LogP contribution in [0.1, 0.15) is 19.4 Å². The summed E-state index contributed by atoms with van der Waals surface area (Å²) in [4.78, 5) is 8.36. The summed E-state index contributed by atoms with van der Waals surface area (Å²) in [6.07, 6.45) is 5.25. The molecule has 0 saturated heterocycles. The number of anilines is 2. The maximum absolute atomic E-state index is 5.75. The molecule has 0 aliphatic heterocycles. The number of ether oxygens (including phenoxy) is 1. The lowest BCUT2D eigenvalue weighted by Gasteiger charge is -2.12. The molecule has 0 radical (unpaired) electrons. The Morgan fingerprint density at radius 1 is 1.22 bits per heavy atom. The van der Waals surface area contributed by atoms with E-state index < -0.39 is 0 Å². The van der Waals surface area contributed by atoms with Crippen molar-refractivity contribution in [2.24, 2.45) is 0 Å². The van der Waals surface area contributed by atoms with Gasteiger partial charge in [0.25, 0.3) is 0 Å². The molecule has 0 fully saturated rings. The first-order chi connectivity index (χ1) is 11.1. The Morgan fingerprint density at radius 2 is 2.09 bits per heavy atom. The summed E-state index contributed by atoms with van der Waals surface area (Å²) < 4.78 is 7.43. The van der Waals surface area contributed by atoms with Crippen LogP contribution >= 0.6 is 0 Å². The van der Waals surface area contributed by atoms with Gasteiger partial charge in [-0.05, 0) is 50.6 Å². The van der Waals surface area contributed by atoms with Crippen LogP contribution in [0.3, 0.4) is 0 Å². The van der Waals surface area contributed by atoms with Gasteiger partial charge in [0.1, 0.15) is 12.1 Å². The van der Waals surface area contributed by atoms with E-state index in [1.165, 1.54) is 0 Å². The molecule has 2 heterocycles. The predicted molar refractivity (Wildman–Crippen MR) is 89.4 cm³/mol. The minimum atomic E-state index is 0.132. The molecule has 118 valence electrons. The van der Waals surface area contributed by atoms with Gasteiger partial charge in [0.05, 0.1) is 18.0 Å². The number of benzene rings is 1. The van der Waals surface area contributed by atoms with Crippen molar-refractivity contribution >= 4 is 11.6 Å². The van der Waals surface area contributed by atoms with Crippen molar-refractivity contribution in [3.8, 4) is 11.4 Å². The Bertz CT molecular complexity index is 783. The van der Waals surface area contributed by atoms with Gasteiger partial charge in [0.15, 0.2) is 0 Å². The first-order valence-electron chi connectivity index (χ1n) is 7.47. The molecule has 0 aliphatic rings. The summed E-state index contributed by atoms with van der Waals surface area (Å²) in [6, 6.07) is 9.76. The lowest BCUT2D eigenvalue weighted by Crippen LogP contribution is -2.06. The monoisotopic (exact) mass is 309 g/mol. The van der Waals surface area contributed by atoms with E-state index in [0.29, 0.717) is 5.95 Å². The maximum atomic E-state index is 5.75. The number of aromatic nitrogens is 4. The zero-order valence-electron chi connectivity index (χ0n) is 13.4. The van der Waals surface area contributed by atoms with E-state index in [0.717, 1.165) is 22.7 Å². The molecule has 3 aromatic rings. The fourth-order valence-electron chi connectivity index (χ4n) is 2.22. The highest BCUT2D eigenvalue weighted by Crippen LogP contribution is 2.23. The van der Waals surface area contributed by atoms with Crippen LogP contribution in [0.25, 0.3) is 5.69 Å². The molecule has 3 rings (SSSR count). The molecule has 23 heavy (non-hydrogen) atoms. The van der Waals surface area contributed by atoms with Gasteiger partial charge in [-0.15, -0.1) is 5.10 Å². The van der Waals surface area contributed by atoms with Crippen LogP contribution in [0.4, 0.5) is 11.6 Å². The lowest BCUT2D eigenvalue weighted by molar-refractivity contribution is 0.242. The van der Waals surface area contributed by atoms with Crippen LogP contribution in [0.5, 0.6) is 5.75 Å². The molecule has 0 atom stereocenters. The molecule has 6 heteroatoms. The summed E-state index contributed by atoms with van der Waals surface area (Å²) in [5.41, 5.74) is 2.86. The van der Waals surface area contributed by atoms with E-state index >= 15 is 0 Å². The van der Waals surface area contributed by atoms with Gasteiger partial charge in [0, 0.05) is 18.0 Å². The molecule has 0 spiro atoms. The van der Waals surface area contributed by atoms with E-state index in [9.17, 15) is 0 Å². The highest BCUT2D eigenvalue weighted by atomic mass is 16.5. The van der Waals surface area contributed by atoms with E-state index in [2.05, 4.69) is 20.4 Å². The van der Waals surface area contributed by atoms with E-state index in [-0.39, 0.29) is 6.10 Å². The van der Waals surface area contributed by atoms with Crippen molar-refractivity contribution in [2.45, 2.75) is 26.9 Å². The van der Waals surface area contributed by atoms with Crippen molar-refractivity contribution in [2.75, 3.05) is 5.32 Å². The first kappa shape index (κ1) is 15.0. The Kier molecular flexibility index (Phi) is 4.23. The van der Waals surface area contributed by atoms with Crippen molar-refractivity contribution < 1.29 is 4.74 Å². The standard InChI is InChI=1S/C17H19N5O/c1-12(2)23-16-8-13(3)7-14(9-16)20-17-19-11-22(21-17)15-5-4-6-18-10-15/h4-12H,1-3H3,(H,20,21). The Hall–Kier alpha value is -2.89. The van der Waals surface area contributed by atoms with Crippen LogP contribution < -0.4 is 10.1 Å².